The highest BCUT2D eigenvalue weighted by Gasteiger charge is 2.18. The van der Waals surface area contributed by atoms with E-state index in [0.717, 1.165) is 22.7 Å². The summed E-state index contributed by atoms with van der Waals surface area (Å²) in [6.07, 6.45) is 4.92. The van der Waals surface area contributed by atoms with Gasteiger partial charge in [-0.1, -0.05) is 0 Å². The first-order valence-corrected chi connectivity index (χ1v) is 9.64. The molecule has 0 aliphatic carbocycles. The molecule has 0 aliphatic heterocycles. The number of rotatable bonds is 7. The number of hydrogen-bond acceptors (Lipinski definition) is 5. The molecule has 0 bridgehead atoms. The summed E-state index contributed by atoms with van der Waals surface area (Å²) in [6.45, 7) is 4.55. The van der Waals surface area contributed by atoms with Crippen molar-refractivity contribution in [3.8, 4) is 0 Å². The van der Waals surface area contributed by atoms with E-state index in [9.17, 15) is 4.79 Å². The molecular formula is C17H20N4OS2. The molecule has 1 unspecified atom stereocenters. The smallest absolute Gasteiger partial charge is 0.222 e. The van der Waals surface area contributed by atoms with Crippen LogP contribution in [0, 0.1) is 13.8 Å². The van der Waals surface area contributed by atoms with E-state index in [2.05, 4.69) is 32.2 Å². The Labute approximate surface area is 149 Å². The van der Waals surface area contributed by atoms with Gasteiger partial charge in [0.05, 0.1) is 12.2 Å². The fourth-order valence-corrected chi connectivity index (χ4v) is 3.98. The lowest BCUT2D eigenvalue weighted by Gasteiger charge is -2.16. The molecule has 1 atom stereocenters. The zero-order valence-electron chi connectivity index (χ0n) is 13.7. The van der Waals surface area contributed by atoms with Gasteiger partial charge in [-0.2, -0.15) is 16.4 Å². The van der Waals surface area contributed by atoms with Crippen LogP contribution in [0.4, 0.5) is 0 Å². The monoisotopic (exact) mass is 360 g/mol. The molecule has 3 aromatic rings. The second-order valence-electron chi connectivity index (χ2n) is 5.81. The minimum Gasteiger partial charge on any atom is -0.346 e. The Balaban J connectivity index is 1.63. The fraction of sp³-hybridized carbons (Fsp3) is 0.353. The molecule has 1 amide bonds. The highest BCUT2D eigenvalue weighted by atomic mass is 32.1. The molecule has 0 saturated heterocycles. The zero-order valence-corrected chi connectivity index (χ0v) is 15.4. The van der Waals surface area contributed by atoms with Crippen LogP contribution < -0.4 is 5.32 Å². The van der Waals surface area contributed by atoms with Crippen LogP contribution in [0.15, 0.2) is 34.6 Å². The van der Waals surface area contributed by atoms with Crippen LogP contribution in [0.1, 0.15) is 34.3 Å². The van der Waals surface area contributed by atoms with E-state index in [1.807, 2.05) is 25.4 Å². The molecule has 0 aliphatic rings. The van der Waals surface area contributed by atoms with Gasteiger partial charge in [-0.25, -0.2) is 4.98 Å². The molecule has 3 rings (SSSR count). The molecule has 7 heteroatoms. The fourth-order valence-electron chi connectivity index (χ4n) is 2.45. The normalized spacial score (nSPS) is 12.2. The average molecular weight is 361 g/mol. The van der Waals surface area contributed by atoms with Crippen LogP contribution in [0.3, 0.4) is 0 Å². The summed E-state index contributed by atoms with van der Waals surface area (Å²) in [4.78, 5) is 16.9. The molecule has 126 valence electrons. The van der Waals surface area contributed by atoms with Gasteiger partial charge in [0.2, 0.25) is 5.91 Å². The van der Waals surface area contributed by atoms with Gasteiger partial charge < -0.3 is 5.32 Å². The number of nitrogens with zero attached hydrogens (tertiary/aromatic N) is 3. The Kier molecular flexibility index (Phi) is 5.42. The third-order valence-corrected chi connectivity index (χ3v) is 5.43. The minimum absolute atomic E-state index is 0.0243. The molecule has 0 aromatic carbocycles. The van der Waals surface area contributed by atoms with Crippen molar-refractivity contribution in [1.82, 2.24) is 20.1 Å². The third kappa shape index (κ3) is 4.52. The number of aromatic nitrogens is 3. The Bertz CT molecular complexity index is 791. The maximum Gasteiger partial charge on any atom is 0.222 e. The van der Waals surface area contributed by atoms with Crippen molar-refractivity contribution in [2.75, 3.05) is 0 Å². The number of thiazole rings is 1. The molecule has 0 spiro atoms. The van der Waals surface area contributed by atoms with Crippen LogP contribution in [0.25, 0.3) is 0 Å². The predicted molar refractivity (Wildman–Crippen MR) is 97.3 cm³/mol. The number of amides is 1. The standard InChI is InChI=1S/C17H20N4OS2/c1-12-8-18-21(9-12)5-3-16(22)20-15(7-14-4-6-23-11-14)17-19-13(2)10-24-17/h4,6,8-11,15H,3,5,7H2,1-2H3,(H,20,22). The number of hydrogen-bond donors (Lipinski definition) is 1. The van der Waals surface area contributed by atoms with Crippen LogP contribution in [0.5, 0.6) is 0 Å². The molecule has 0 radical (unpaired) electrons. The molecule has 5 nitrogen and oxygen atoms in total. The topological polar surface area (TPSA) is 59.8 Å². The average Bonchev–Trinajstić information content (AvgIpc) is 3.27. The molecular weight excluding hydrogens is 340 g/mol. The summed E-state index contributed by atoms with van der Waals surface area (Å²) in [6, 6.07) is 2.02. The Morgan fingerprint density at radius 2 is 2.25 bits per heavy atom. The van der Waals surface area contributed by atoms with Gasteiger partial charge in [0.25, 0.3) is 0 Å². The highest BCUT2D eigenvalue weighted by molar-refractivity contribution is 7.09. The maximum absolute atomic E-state index is 12.4. The Morgan fingerprint density at radius 3 is 2.88 bits per heavy atom. The third-order valence-electron chi connectivity index (χ3n) is 3.62. The summed E-state index contributed by atoms with van der Waals surface area (Å²) >= 11 is 3.27. The van der Waals surface area contributed by atoms with Crippen molar-refractivity contribution >= 4 is 28.6 Å². The lowest BCUT2D eigenvalue weighted by molar-refractivity contribution is -0.122. The van der Waals surface area contributed by atoms with Crippen molar-refractivity contribution in [1.29, 1.82) is 0 Å². The van der Waals surface area contributed by atoms with Crippen molar-refractivity contribution < 1.29 is 4.79 Å². The van der Waals surface area contributed by atoms with Gasteiger partial charge in [0.1, 0.15) is 5.01 Å². The molecule has 0 saturated carbocycles. The van der Waals surface area contributed by atoms with Crippen molar-refractivity contribution in [3.05, 3.63) is 56.4 Å². The summed E-state index contributed by atoms with van der Waals surface area (Å²) in [5, 5.41) is 14.5. The van der Waals surface area contributed by atoms with E-state index in [0.29, 0.717) is 13.0 Å². The zero-order chi connectivity index (χ0) is 16.9. The molecule has 24 heavy (non-hydrogen) atoms. The van der Waals surface area contributed by atoms with Crippen LogP contribution in [0.2, 0.25) is 0 Å². The largest absolute Gasteiger partial charge is 0.346 e. The molecule has 3 aromatic heterocycles. The van der Waals surface area contributed by atoms with Gasteiger partial charge in [0.15, 0.2) is 0 Å². The molecule has 0 fully saturated rings. The van der Waals surface area contributed by atoms with Gasteiger partial charge in [0, 0.05) is 36.7 Å². The first-order valence-electron chi connectivity index (χ1n) is 7.81. The van der Waals surface area contributed by atoms with E-state index in [1.165, 1.54) is 5.56 Å². The molecule has 3 heterocycles. The van der Waals surface area contributed by atoms with Crippen LogP contribution >= 0.6 is 22.7 Å². The predicted octanol–water partition coefficient (Wildman–Crippen LogP) is 3.51. The lowest BCUT2D eigenvalue weighted by atomic mass is 10.1. The second kappa shape index (κ2) is 7.72. The number of nitrogens with one attached hydrogen (secondary N) is 1. The highest BCUT2D eigenvalue weighted by Crippen LogP contribution is 2.23. The lowest BCUT2D eigenvalue weighted by Crippen LogP contribution is -2.30. The van der Waals surface area contributed by atoms with Crippen LogP contribution in [-0.2, 0) is 17.8 Å². The van der Waals surface area contributed by atoms with Crippen LogP contribution in [-0.4, -0.2) is 20.7 Å². The van der Waals surface area contributed by atoms with Crippen molar-refractivity contribution in [3.63, 3.8) is 0 Å². The van der Waals surface area contributed by atoms with E-state index >= 15 is 0 Å². The van der Waals surface area contributed by atoms with Gasteiger partial charge in [-0.15, -0.1) is 11.3 Å². The number of carbonyl (C=O) groups is 1. The van der Waals surface area contributed by atoms with E-state index < -0.39 is 0 Å². The first kappa shape index (κ1) is 16.9. The van der Waals surface area contributed by atoms with E-state index in [1.54, 1.807) is 33.6 Å². The molecule has 1 N–H and O–H groups in total. The minimum atomic E-state index is -0.0786. The second-order valence-corrected chi connectivity index (χ2v) is 7.48. The van der Waals surface area contributed by atoms with Crippen molar-refractivity contribution in [2.45, 2.75) is 39.3 Å². The van der Waals surface area contributed by atoms with Gasteiger partial charge in [-0.3, -0.25) is 9.48 Å². The number of carbonyl (C=O) groups excluding carboxylic acids is 1. The summed E-state index contributed by atoms with van der Waals surface area (Å²) in [5.41, 5.74) is 3.32. The van der Waals surface area contributed by atoms with E-state index in [-0.39, 0.29) is 11.9 Å². The van der Waals surface area contributed by atoms with Crippen molar-refractivity contribution in [2.24, 2.45) is 0 Å². The number of thiophene rings is 1. The quantitative estimate of drug-likeness (QED) is 0.701. The number of aryl methyl sites for hydroxylation is 3. The van der Waals surface area contributed by atoms with Gasteiger partial charge >= 0.3 is 0 Å². The maximum atomic E-state index is 12.4. The van der Waals surface area contributed by atoms with Gasteiger partial charge in [-0.05, 0) is 41.8 Å². The Morgan fingerprint density at radius 1 is 1.38 bits per heavy atom. The van der Waals surface area contributed by atoms with E-state index in [4.69, 9.17) is 0 Å². The summed E-state index contributed by atoms with van der Waals surface area (Å²) < 4.78 is 1.80. The summed E-state index contributed by atoms with van der Waals surface area (Å²) in [7, 11) is 0. The Hall–Kier alpha value is -1.99. The SMILES string of the molecule is Cc1cnn(CCC(=O)NC(Cc2ccsc2)c2nc(C)cs2)c1. The summed E-state index contributed by atoms with van der Waals surface area (Å²) in [5.74, 6) is 0.0243. The first-order chi connectivity index (χ1) is 11.6.